The molecule has 0 aliphatic carbocycles. The number of aliphatic hydroxyl groups excluding tert-OH is 5. The van der Waals surface area contributed by atoms with Gasteiger partial charge in [0.25, 0.3) is 0 Å². The van der Waals surface area contributed by atoms with Crippen LogP contribution in [0.15, 0.2) is 28.7 Å². The second-order valence-corrected chi connectivity index (χ2v) is 6.59. The Kier molecular flexibility index (Phi) is 6.78. The number of hydrogen-bond acceptors (Lipinski definition) is 7. The third kappa shape index (κ3) is 4.87. The Morgan fingerprint density at radius 1 is 1.17 bits per heavy atom. The zero-order valence-electron chi connectivity index (χ0n) is 12.5. The van der Waals surface area contributed by atoms with Gasteiger partial charge in [0.15, 0.2) is 0 Å². The highest BCUT2D eigenvalue weighted by atomic mass is 79.9. The Bertz CT molecular complexity index is 487. The smallest absolute Gasteiger partial charge is 0.119 e. The molecule has 1 saturated heterocycles. The SMILES string of the molecule is OC[C@@H]1[C@@H](O)[C@H](O)[C@@H](O)CN1CC(O)COc1ccc(Br)cc1. The van der Waals surface area contributed by atoms with E-state index in [1.165, 1.54) is 0 Å². The number of hydrogen-bond donors (Lipinski definition) is 5. The molecule has 0 bridgehead atoms. The standard InChI is InChI=1S/C15H22BrNO6/c16-9-1-3-11(4-2-9)23-8-10(19)5-17-6-13(20)15(22)14(21)12(17)7-18/h1-4,10,12-15,18-22H,5-8H2/t10?,12-,13+,14-,15-/m1/s1. The first-order valence-electron chi connectivity index (χ1n) is 7.38. The number of nitrogens with zero attached hydrogens (tertiary/aromatic N) is 1. The summed E-state index contributed by atoms with van der Waals surface area (Å²) in [6.07, 6.45) is -4.59. The lowest BCUT2D eigenvalue weighted by atomic mass is 9.94. The van der Waals surface area contributed by atoms with Crippen LogP contribution in [0.25, 0.3) is 0 Å². The molecule has 1 aromatic rings. The highest BCUT2D eigenvalue weighted by Gasteiger charge is 2.41. The minimum Gasteiger partial charge on any atom is -0.491 e. The molecule has 1 aromatic carbocycles. The third-order valence-electron chi connectivity index (χ3n) is 3.92. The van der Waals surface area contributed by atoms with Crippen LogP contribution >= 0.6 is 15.9 Å². The summed E-state index contributed by atoms with van der Waals surface area (Å²) in [6, 6.07) is 6.43. The van der Waals surface area contributed by atoms with E-state index < -0.39 is 30.5 Å². The van der Waals surface area contributed by atoms with Crippen LogP contribution < -0.4 is 4.74 Å². The van der Waals surface area contributed by atoms with Gasteiger partial charge in [0, 0.05) is 17.6 Å². The zero-order chi connectivity index (χ0) is 17.0. The van der Waals surface area contributed by atoms with Crippen molar-refractivity contribution in [3.05, 3.63) is 28.7 Å². The van der Waals surface area contributed by atoms with Gasteiger partial charge in [-0.1, -0.05) is 15.9 Å². The molecular formula is C15H22BrNO6. The van der Waals surface area contributed by atoms with Gasteiger partial charge in [0.1, 0.15) is 30.7 Å². The van der Waals surface area contributed by atoms with E-state index in [0.29, 0.717) is 5.75 Å². The Morgan fingerprint density at radius 2 is 1.83 bits per heavy atom. The molecule has 0 saturated carbocycles. The first kappa shape index (κ1) is 18.6. The summed E-state index contributed by atoms with van der Waals surface area (Å²) >= 11 is 3.32. The topological polar surface area (TPSA) is 114 Å². The van der Waals surface area contributed by atoms with Crippen molar-refractivity contribution in [3.8, 4) is 5.75 Å². The maximum Gasteiger partial charge on any atom is 0.119 e. The van der Waals surface area contributed by atoms with Crippen molar-refractivity contribution in [3.63, 3.8) is 0 Å². The van der Waals surface area contributed by atoms with Crippen LogP contribution in [0.2, 0.25) is 0 Å². The summed E-state index contributed by atoms with van der Waals surface area (Å²) in [7, 11) is 0. The van der Waals surface area contributed by atoms with Gasteiger partial charge in [-0.2, -0.15) is 0 Å². The highest BCUT2D eigenvalue weighted by molar-refractivity contribution is 9.10. The second-order valence-electron chi connectivity index (χ2n) is 5.67. The summed E-state index contributed by atoms with van der Waals surface area (Å²) in [5.41, 5.74) is 0. The zero-order valence-corrected chi connectivity index (χ0v) is 14.1. The largest absolute Gasteiger partial charge is 0.491 e. The molecule has 5 atom stereocenters. The van der Waals surface area contributed by atoms with Crippen LogP contribution in [0, 0.1) is 0 Å². The van der Waals surface area contributed by atoms with Gasteiger partial charge in [-0.25, -0.2) is 0 Å². The van der Waals surface area contributed by atoms with E-state index in [-0.39, 0.29) is 26.3 Å². The lowest BCUT2D eigenvalue weighted by Crippen LogP contribution is -2.63. The molecule has 2 rings (SSSR count). The molecule has 0 amide bonds. The molecule has 0 radical (unpaired) electrons. The molecule has 1 unspecified atom stereocenters. The number of rotatable bonds is 6. The first-order valence-corrected chi connectivity index (χ1v) is 8.17. The van der Waals surface area contributed by atoms with Gasteiger partial charge >= 0.3 is 0 Å². The van der Waals surface area contributed by atoms with E-state index in [2.05, 4.69) is 15.9 Å². The third-order valence-corrected chi connectivity index (χ3v) is 4.45. The number of ether oxygens (including phenoxy) is 1. The van der Waals surface area contributed by atoms with E-state index >= 15 is 0 Å². The Labute approximate surface area is 142 Å². The molecule has 0 aromatic heterocycles. The normalized spacial score (nSPS) is 30.2. The highest BCUT2D eigenvalue weighted by Crippen LogP contribution is 2.20. The molecule has 1 fully saturated rings. The average molecular weight is 392 g/mol. The van der Waals surface area contributed by atoms with Crippen molar-refractivity contribution in [1.29, 1.82) is 0 Å². The quantitative estimate of drug-likeness (QED) is 0.420. The Balaban J connectivity index is 1.87. The van der Waals surface area contributed by atoms with Crippen LogP contribution in [0.1, 0.15) is 0 Å². The Morgan fingerprint density at radius 3 is 2.43 bits per heavy atom. The van der Waals surface area contributed by atoms with Crippen molar-refractivity contribution < 1.29 is 30.3 Å². The fraction of sp³-hybridized carbons (Fsp3) is 0.600. The predicted octanol–water partition coefficient (Wildman–Crippen LogP) is -1.05. The van der Waals surface area contributed by atoms with Gasteiger partial charge < -0.3 is 30.3 Å². The molecule has 8 heteroatoms. The summed E-state index contributed by atoms with van der Waals surface area (Å²) in [6.45, 7) is -0.197. The number of aliphatic hydroxyl groups is 5. The molecule has 1 aliphatic heterocycles. The van der Waals surface area contributed by atoms with E-state index in [1.807, 2.05) is 12.1 Å². The summed E-state index contributed by atoms with van der Waals surface area (Å²) < 4.78 is 6.40. The van der Waals surface area contributed by atoms with Gasteiger partial charge in [-0.3, -0.25) is 4.90 Å². The minimum absolute atomic E-state index is 0.0328. The van der Waals surface area contributed by atoms with Crippen LogP contribution in [0.4, 0.5) is 0 Å². The predicted molar refractivity (Wildman–Crippen MR) is 86.1 cm³/mol. The maximum atomic E-state index is 10.1. The van der Waals surface area contributed by atoms with Gasteiger partial charge in [0.2, 0.25) is 0 Å². The molecule has 23 heavy (non-hydrogen) atoms. The maximum absolute atomic E-state index is 10.1. The van der Waals surface area contributed by atoms with Crippen molar-refractivity contribution in [2.24, 2.45) is 0 Å². The van der Waals surface area contributed by atoms with E-state index in [4.69, 9.17) is 4.74 Å². The monoisotopic (exact) mass is 391 g/mol. The Hall–Kier alpha value is -0.740. The van der Waals surface area contributed by atoms with Crippen molar-refractivity contribution in [2.45, 2.75) is 30.5 Å². The number of benzene rings is 1. The van der Waals surface area contributed by atoms with Gasteiger partial charge in [0.05, 0.1) is 18.8 Å². The fourth-order valence-corrected chi connectivity index (χ4v) is 2.90. The summed E-state index contributed by atoms with van der Waals surface area (Å²) in [5, 5.41) is 48.7. The number of likely N-dealkylation sites (tertiary alicyclic amines) is 1. The molecule has 1 heterocycles. The lowest BCUT2D eigenvalue weighted by Gasteiger charge is -2.43. The summed E-state index contributed by atoms with van der Waals surface area (Å²) in [5.74, 6) is 0.611. The lowest BCUT2D eigenvalue weighted by molar-refractivity contribution is -0.150. The average Bonchev–Trinajstić information content (AvgIpc) is 2.52. The molecule has 5 N–H and O–H groups in total. The van der Waals surface area contributed by atoms with Crippen molar-refractivity contribution >= 4 is 15.9 Å². The van der Waals surface area contributed by atoms with Gasteiger partial charge in [-0.05, 0) is 24.3 Å². The van der Waals surface area contributed by atoms with Gasteiger partial charge in [-0.15, -0.1) is 0 Å². The first-order chi connectivity index (χ1) is 10.9. The second kappa shape index (κ2) is 8.39. The van der Waals surface area contributed by atoms with Crippen LogP contribution in [-0.2, 0) is 0 Å². The molecule has 7 nitrogen and oxygen atoms in total. The van der Waals surface area contributed by atoms with E-state index in [0.717, 1.165) is 4.47 Å². The van der Waals surface area contributed by atoms with Crippen molar-refractivity contribution in [1.82, 2.24) is 4.90 Å². The molecular weight excluding hydrogens is 370 g/mol. The van der Waals surface area contributed by atoms with Crippen LogP contribution in [-0.4, -0.2) is 87.2 Å². The van der Waals surface area contributed by atoms with Crippen LogP contribution in [0.5, 0.6) is 5.75 Å². The number of β-amino-alcohol motifs (C(OH)–C–C–N with tert-alkyl or cyclic N) is 2. The fourth-order valence-electron chi connectivity index (χ4n) is 2.63. The molecule has 1 aliphatic rings. The molecule has 130 valence electrons. The van der Waals surface area contributed by atoms with Crippen molar-refractivity contribution in [2.75, 3.05) is 26.3 Å². The van der Waals surface area contributed by atoms with E-state index in [1.54, 1.807) is 17.0 Å². The summed E-state index contributed by atoms with van der Waals surface area (Å²) in [4.78, 5) is 1.55. The number of halogens is 1. The van der Waals surface area contributed by atoms with Crippen LogP contribution in [0.3, 0.4) is 0 Å². The minimum atomic E-state index is -1.31. The van der Waals surface area contributed by atoms with E-state index in [9.17, 15) is 25.5 Å². The number of piperidine rings is 1. The molecule has 0 spiro atoms.